The molecule has 0 aromatic heterocycles. The number of aliphatic hydroxyl groups is 1. The number of phosphoric ester groups is 1. The Bertz CT molecular complexity index is 1090. The van der Waals surface area contributed by atoms with Crippen molar-refractivity contribution in [3.8, 4) is 0 Å². The normalized spacial score (nSPS) is 14.7. The van der Waals surface area contributed by atoms with Crippen molar-refractivity contribution in [2.45, 2.75) is 219 Å². The molecule has 0 rings (SSSR count). The summed E-state index contributed by atoms with van der Waals surface area (Å²) in [5.74, 6) is -0.188. The van der Waals surface area contributed by atoms with Crippen LogP contribution in [0.1, 0.15) is 206 Å². The summed E-state index contributed by atoms with van der Waals surface area (Å²) in [6.07, 6.45) is 51.8. The van der Waals surface area contributed by atoms with Crippen molar-refractivity contribution in [1.82, 2.24) is 5.32 Å². The molecule has 9 heteroatoms. The van der Waals surface area contributed by atoms with Gasteiger partial charge in [-0.25, -0.2) is 4.57 Å². The molecule has 0 aliphatic rings. The highest BCUT2D eigenvalue weighted by atomic mass is 31.2. The number of nitrogens with one attached hydrogen (secondary N) is 1. The van der Waals surface area contributed by atoms with E-state index in [9.17, 15) is 19.4 Å². The number of aliphatic hydroxyl groups excluding tert-OH is 1. The molecule has 0 saturated heterocycles. The summed E-state index contributed by atoms with van der Waals surface area (Å²) in [5, 5.41) is 13.9. The maximum Gasteiger partial charge on any atom is 0.472 e. The predicted octanol–water partition coefficient (Wildman–Crippen LogP) is 13.6. The van der Waals surface area contributed by atoms with Gasteiger partial charge in [-0.1, -0.05) is 197 Å². The van der Waals surface area contributed by atoms with Crippen LogP contribution in [0.15, 0.2) is 48.6 Å². The average Bonchev–Trinajstić information content (AvgIpc) is 3.17. The fraction of sp³-hybridized carbons (Fsp3) is 0.816. The maximum atomic E-state index is 12.9. The van der Waals surface area contributed by atoms with Crippen molar-refractivity contribution in [3.05, 3.63) is 48.6 Å². The first-order valence-corrected chi connectivity index (χ1v) is 25.5. The fourth-order valence-corrected chi connectivity index (χ4v) is 7.50. The summed E-state index contributed by atoms with van der Waals surface area (Å²) >= 11 is 0. The highest BCUT2D eigenvalue weighted by Crippen LogP contribution is 2.43. The molecule has 0 aromatic carbocycles. The molecule has 0 aliphatic carbocycles. The lowest BCUT2D eigenvalue weighted by molar-refractivity contribution is -0.870. The van der Waals surface area contributed by atoms with Crippen LogP contribution in [0.2, 0.25) is 0 Å². The van der Waals surface area contributed by atoms with E-state index in [0.717, 1.165) is 64.2 Å². The first-order chi connectivity index (χ1) is 28.0. The van der Waals surface area contributed by atoms with Crippen LogP contribution >= 0.6 is 7.82 Å². The van der Waals surface area contributed by atoms with E-state index in [1.54, 1.807) is 6.08 Å². The van der Waals surface area contributed by atoms with Crippen LogP contribution in [-0.2, 0) is 18.4 Å². The molecule has 1 amide bonds. The number of carbonyl (C=O) groups excluding carboxylic acids is 1. The van der Waals surface area contributed by atoms with Gasteiger partial charge in [0.05, 0.1) is 39.9 Å². The number of allylic oxidation sites excluding steroid dienone is 7. The molecule has 0 aliphatic heterocycles. The quantitative estimate of drug-likeness (QED) is 0.0244. The van der Waals surface area contributed by atoms with Crippen LogP contribution in [0.25, 0.3) is 0 Å². The molecule has 340 valence electrons. The summed E-state index contributed by atoms with van der Waals surface area (Å²) in [4.78, 5) is 23.2. The summed E-state index contributed by atoms with van der Waals surface area (Å²) in [7, 11) is 1.56. The highest BCUT2D eigenvalue weighted by molar-refractivity contribution is 7.47. The van der Waals surface area contributed by atoms with Gasteiger partial charge in [-0.2, -0.15) is 0 Å². The monoisotopic (exact) mass is 838 g/mol. The van der Waals surface area contributed by atoms with E-state index in [0.29, 0.717) is 17.4 Å². The minimum atomic E-state index is -4.34. The third-order valence-electron chi connectivity index (χ3n) is 10.6. The second-order valence-corrected chi connectivity index (χ2v) is 18.9. The largest absolute Gasteiger partial charge is 0.472 e. The smallest absolute Gasteiger partial charge is 0.387 e. The third-order valence-corrected chi connectivity index (χ3v) is 11.5. The predicted molar refractivity (Wildman–Crippen MR) is 249 cm³/mol. The lowest BCUT2D eigenvalue weighted by Crippen LogP contribution is -2.45. The van der Waals surface area contributed by atoms with Gasteiger partial charge in [0.1, 0.15) is 13.2 Å². The number of nitrogens with zero attached hydrogens (tertiary/aromatic N) is 1. The van der Waals surface area contributed by atoms with Crippen molar-refractivity contribution < 1.29 is 32.9 Å². The van der Waals surface area contributed by atoms with Crippen LogP contribution in [0.3, 0.4) is 0 Å². The molecule has 0 spiro atoms. The van der Waals surface area contributed by atoms with Gasteiger partial charge in [0.2, 0.25) is 5.91 Å². The molecule has 0 heterocycles. The van der Waals surface area contributed by atoms with E-state index in [2.05, 4.69) is 55.6 Å². The Balaban J connectivity index is 4.38. The van der Waals surface area contributed by atoms with E-state index < -0.39 is 20.0 Å². The van der Waals surface area contributed by atoms with Crippen molar-refractivity contribution in [1.29, 1.82) is 0 Å². The van der Waals surface area contributed by atoms with Gasteiger partial charge in [0.15, 0.2) is 0 Å². The van der Waals surface area contributed by atoms with Crippen LogP contribution in [-0.4, -0.2) is 73.4 Å². The molecule has 0 saturated carbocycles. The van der Waals surface area contributed by atoms with Gasteiger partial charge in [-0.05, 0) is 51.4 Å². The number of rotatable bonds is 43. The number of likely N-dealkylation sites (N-methyl/N-ethyl adjacent to an activating group) is 1. The van der Waals surface area contributed by atoms with Gasteiger partial charge in [-0.3, -0.25) is 13.8 Å². The lowest BCUT2D eigenvalue weighted by Gasteiger charge is -2.25. The average molecular weight is 838 g/mol. The van der Waals surface area contributed by atoms with Gasteiger partial charge in [0.25, 0.3) is 0 Å². The zero-order valence-electron chi connectivity index (χ0n) is 38.5. The van der Waals surface area contributed by atoms with Crippen LogP contribution < -0.4 is 5.32 Å². The Morgan fingerprint density at radius 3 is 1.52 bits per heavy atom. The molecule has 0 aromatic rings. The molecule has 0 fully saturated rings. The number of hydrogen-bond acceptors (Lipinski definition) is 5. The number of amides is 1. The Kier molecular flexibility index (Phi) is 39.8. The van der Waals surface area contributed by atoms with Crippen LogP contribution in [0.5, 0.6) is 0 Å². The van der Waals surface area contributed by atoms with E-state index >= 15 is 0 Å². The molecule has 8 nitrogen and oxygen atoms in total. The first kappa shape index (κ1) is 56.5. The van der Waals surface area contributed by atoms with Crippen molar-refractivity contribution in [3.63, 3.8) is 0 Å². The number of hydrogen-bond donors (Lipinski definition) is 3. The second kappa shape index (κ2) is 40.8. The number of carbonyl (C=O) groups is 1. The summed E-state index contributed by atoms with van der Waals surface area (Å²) in [6, 6.07) is -0.852. The van der Waals surface area contributed by atoms with Crippen LogP contribution in [0, 0.1) is 0 Å². The molecular weight excluding hydrogens is 744 g/mol. The molecule has 0 radical (unpaired) electrons. The van der Waals surface area contributed by atoms with E-state index in [-0.39, 0.29) is 19.1 Å². The van der Waals surface area contributed by atoms with Gasteiger partial charge in [-0.15, -0.1) is 0 Å². The summed E-state index contributed by atoms with van der Waals surface area (Å²) < 4.78 is 23.6. The van der Waals surface area contributed by atoms with Crippen molar-refractivity contribution in [2.75, 3.05) is 40.9 Å². The molecule has 3 N–H and O–H groups in total. The molecule has 3 unspecified atom stereocenters. The fourth-order valence-electron chi connectivity index (χ4n) is 6.76. The Hall–Kier alpha value is -1.54. The maximum absolute atomic E-state index is 12.9. The van der Waals surface area contributed by atoms with Crippen molar-refractivity contribution in [2.24, 2.45) is 0 Å². The Labute approximate surface area is 359 Å². The highest BCUT2D eigenvalue weighted by Gasteiger charge is 2.27. The second-order valence-electron chi connectivity index (χ2n) is 17.5. The topological polar surface area (TPSA) is 105 Å². The Morgan fingerprint density at radius 2 is 1.03 bits per heavy atom. The van der Waals surface area contributed by atoms with Gasteiger partial charge < -0.3 is 19.8 Å². The zero-order chi connectivity index (χ0) is 42.8. The minimum Gasteiger partial charge on any atom is -0.387 e. The van der Waals surface area contributed by atoms with Crippen molar-refractivity contribution >= 4 is 13.7 Å². The molecule has 58 heavy (non-hydrogen) atoms. The minimum absolute atomic E-state index is 0.0581. The van der Waals surface area contributed by atoms with Gasteiger partial charge in [0, 0.05) is 6.42 Å². The first-order valence-electron chi connectivity index (χ1n) is 24.0. The zero-order valence-corrected chi connectivity index (χ0v) is 39.4. The van der Waals surface area contributed by atoms with Gasteiger partial charge >= 0.3 is 7.82 Å². The Morgan fingerprint density at radius 1 is 0.603 bits per heavy atom. The number of phosphoric acid groups is 1. The number of unbranched alkanes of at least 4 members (excludes halogenated alkanes) is 24. The lowest BCUT2D eigenvalue weighted by atomic mass is 10.0. The summed E-state index contributed by atoms with van der Waals surface area (Å²) in [6.45, 7) is 4.70. The third kappa shape index (κ3) is 42.6. The van der Waals surface area contributed by atoms with Crippen LogP contribution in [0.4, 0.5) is 0 Å². The summed E-state index contributed by atoms with van der Waals surface area (Å²) in [5.41, 5.74) is 0. The molecular formula is C49H94N2O6P+. The van der Waals surface area contributed by atoms with E-state index in [1.165, 1.54) is 122 Å². The standard InChI is InChI=1S/C49H93N2O6P/c1-6-8-10-12-14-16-18-20-22-24-25-27-28-30-32-34-36-38-40-42-48(52)47(46-57-58(54,55)56-45-44-51(3,4)5)50-49(53)43-41-39-37-35-33-31-29-26-23-21-19-17-15-13-11-9-7-2/h9,11,15,17,21,23,40,42,47-48,52H,6-8,10,12-14,16,18-20,22,24-39,41,43-46H2,1-5H3,(H-,50,53,54,55)/p+1/b11-9-,17-15-,23-21-,42-40+. The van der Waals surface area contributed by atoms with E-state index in [4.69, 9.17) is 9.05 Å². The van der Waals surface area contributed by atoms with E-state index in [1.807, 2.05) is 27.2 Å². The molecule has 3 atom stereocenters. The number of quaternary nitrogens is 1. The molecule has 0 bridgehead atoms. The SMILES string of the molecule is CC/C=C\C/C=C\C/C=C\CCCCCCCCCC(=O)NC(COP(=O)(O)OCC[N+](C)(C)C)C(O)/C=C/CCCCCCCCCCCCCCCCCCC.